The summed E-state index contributed by atoms with van der Waals surface area (Å²) in [7, 11) is 3.32. The van der Waals surface area contributed by atoms with Gasteiger partial charge < -0.3 is 10.0 Å². The van der Waals surface area contributed by atoms with E-state index < -0.39 is 5.97 Å². The summed E-state index contributed by atoms with van der Waals surface area (Å²) in [6.45, 7) is -0.156. The molecule has 84 valence electrons. The van der Waals surface area contributed by atoms with Gasteiger partial charge in [-0.1, -0.05) is 5.21 Å². The van der Waals surface area contributed by atoms with Crippen molar-refractivity contribution in [2.24, 2.45) is 7.05 Å². The van der Waals surface area contributed by atoms with Crippen LogP contribution in [0.15, 0.2) is 6.20 Å². The first-order valence-corrected chi connectivity index (χ1v) is 4.53. The maximum atomic E-state index is 10.5. The van der Waals surface area contributed by atoms with Crippen molar-refractivity contribution >= 4 is 23.1 Å². The molecule has 16 heavy (non-hydrogen) atoms. The molecule has 2 heterocycles. The smallest absolute Gasteiger partial charge is 0.323 e. The van der Waals surface area contributed by atoms with Gasteiger partial charge >= 0.3 is 5.97 Å². The topological polar surface area (TPSA) is 97.0 Å². The van der Waals surface area contributed by atoms with Crippen molar-refractivity contribution in [2.75, 3.05) is 18.5 Å². The number of rotatable bonds is 3. The quantitative estimate of drug-likeness (QED) is 0.731. The van der Waals surface area contributed by atoms with Crippen LogP contribution in [0, 0.1) is 0 Å². The first-order chi connectivity index (χ1) is 7.58. The average Bonchev–Trinajstić information content (AvgIpc) is 2.59. The SMILES string of the molecule is CN(CC(=O)O)c1ncc2nnn(C)c2n1. The van der Waals surface area contributed by atoms with Gasteiger partial charge in [0.1, 0.15) is 6.54 Å². The molecule has 0 radical (unpaired) electrons. The molecule has 0 aliphatic carbocycles. The lowest BCUT2D eigenvalue weighted by molar-refractivity contribution is -0.135. The monoisotopic (exact) mass is 222 g/mol. The molecule has 0 spiro atoms. The first kappa shape index (κ1) is 10.3. The van der Waals surface area contributed by atoms with Crippen molar-refractivity contribution in [3.05, 3.63) is 6.20 Å². The van der Waals surface area contributed by atoms with E-state index in [2.05, 4.69) is 20.3 Å². The number of carboxylic acids is 1. The summed E-state index contributed by atoms with van der Waals surface area (Å²) < 4.78 is 1.51. The van der Waals surface area contributed by atoms with Gasteiger partial charge in [-0.05, 0) is 0 Å². The third-order valence-corrected chi connectivity index (χ3v) is 2.04. The lowest BCUT2D eigenvalue weighted by atomic mass is 10.5. The average molecular weight is 222 g/mol. The predicted octanol–water partition coefficient (Wildman–Crippen LogP) is -0.721. The molecular formula is C8H10N6O2. The zero-order valence-electron chi connectivity index (χ0n) is 8.82. The molecule has 2 rings (SSSR count). The normalized spacial score (nSPS) is 10.6. The molecule has 0 amide bonds. The van der Waals surface area contributed by atoms with Crippen LogP contribution in [0.4, 0.5) is 5.95 Å². The van der Waals surface area contributed by atoms with Crippen molar-refractivity contribution in [1.82, 2.24) is 25.0 Å². The molecule has 2 aromatic heterocycles. The number of carbonyl (C=O) groups is 1. The second kappa shape index (κ2) is 3.72. The van der Waals surface area contributed by atoms with Gasteiger partial charge in [0.15, 0.2) is 11.2 Å². The summed E-state index contributed by atoms with van der Waals surface area (Å²) in [5.74, 6) is -0.602. The van der Waals surface area contributed by atoms with E-state index in [-0.39, 0.29) is 6.54 Å². The van der Waals surface area contributed by atoms with Gasteiger partial charge in [-0.2, -0.15) is 4.98 Å². The van der Waals surface area contributed by atoms with E-state index in [0.717, 1.165) is 0 Å². The third kappa shape index (κ3) is 1.76. The zero-order chi connectivity index (χ0) is 11.7. The van der Waals surface area contributed by atoms with Gasteiger partial charge in [0, 0.05) is 14.1 Å². The van der Waals surface area contributed by atoms with E-state index in [1.165, 1.54) is 15.8 Å². The number of likely N-dealkylation sites (N-methyl/N-ethyl adjacent to an activating group) is 1. The Labute approximate surface area is 90.5 Å². The zero-order valence-corrected chi connectivity index (χ0v) is 8.82. The summed E-state index contributed by atoms with van der Waals surface area (Å²) >= 11 is 0. The highest BCUT2D eigenvalue weighted by molar-refractivity contribution is 5.74. The fourth-order valence-corrected chi connectivity index (χ4v) is 1.28. The van der Waals surface area contributed by atoms with Crippen molar-refractivity contribution in [1.29, 1.82) is 0 Å². The van der Waals surface area contributed by atoms with Crippen molar-refractivity contribution in [3.63, 3.8) is 0 Å². The Kier molecular flexibility index (Phi) is 2.39. The molecule has 0 aliphatic rings. The van der Waals surface area contributed by atoms with Crippen molar-refractivity contribution < 1.29 is 9.90 Å². The first-order valence-electron chi connectivity index (χ1n) is 4.53. The van der Waals surface area contributed by atoms with Crippen molar-refractivity contribution in [3.8, 4) is 0 Å². The largest absolute Gasteiger partial charge is 0.480 e. The molecular weight excluding hydrogens is 212 g/mol. The Hall–Kier alpha value is -2.25. The molecule has 0 unspecified atom stereocenters. The predicted molar refractivity (Wildman–Crippen MR) is 55.0 cm³/mol. The van der Waals surface area contributed by atoms with Gasteiger partial charge in [-0.3, -0.25) is 4.79 Å². The summed E-state index contributed by atoms with van der Waals surface area (Å²) in [4.78, 5) is 20.2. The lowest BCUT2D eigenvalue weighted by Gasteiger charge is -2.13. The van der Waals surface area contributed by atoms with E-state index in [9.17, 15) is 4.79 Å². The summed E-state index contributed by atoms with van der Waals surface area (Å²) in [6, 6.07) is 0. The number of carboxylic acid groups (broad SMARTS) is 1. The van der Waals surface area contributed by atoms with Gasteiger partial charge in [0.05, 0.1) is 6.20 Å². The minimum Gasteiger partial charge on any atom is -0.480 e. The fourth-order valence-electron chi connectivity index (χ4n) is 1.28. The van der Waals surface area contributed by atoms with Crippen LogP contribution < -0.4 is 4.90 Å². The van der Waals surface area contributed by atoms with E-state index in [0.29, 0.717) is 17.1 Å². The molecule has 0 fully saturated rings. The maximum absolute atomic E-state index is 10.5. The highest BCUT2D eigenvalue weighted by Crippen LogP contribution is 2.10. The molecule has 0 bridgehead atoms. The molecule has 8 heteroatoms. The van der Waals surface area contributed by atoms with Crippen LogP contribution in [0.3, 0.4) is 0 Å². The number of nitrogens with zero attached hydrogens (tertiary/aromatic N) is 6. The summed E-state index contributed by atoms with van der Waals surface area (Å²) in [6.07, 6.45) is 1.52. The number of hydrogen-bond acceptors (Lipinski definition) is 6. The van der Waals surface area contributed by atoms with Crippen LogP contribution in [-0.4, -0.2) is 49.6 Å². The molecule has 0 saturated heterocycles. The molecule has 0 aliphatic heterocycles. The highest BCUT2D eigenvalue weighted by atomic mass is 16.4. The fraction of sp³-hybridized carbons (Fsp3) is 0.375. The van der Waals surface area contributed by atoms with Crippen LogP contribution >= 0.6 is 0 Å². The standard InChI is InChI=1S/C8H10N6O2/c1-13(4-6(15)16)8-9-3-5-7(10-8)14(2)12-11-5/h3H,4H2,1-2H3,(H,15,16). The molecule has 8 nitrogen and oxygen atoms in total. The van der Waals surface area contributed by atoms with Crippen LogP contribution in [0.25, 0.3) is 11.2 Å². The van der Waals surface area contributed by atoms with Gasteiger partial charge in [0.2, 0.25) is 5.95 Å². The minimum absolute atomic E-state index is 0.156. The Morgan fingerprint density at radius 1 is 1.62 bits per heavy atom. The van der Waals surface area contributed by atoms with Gasteiger partial charge in [-0.25, -0.2) is 9.67 Å². The number of aromatic nitrogens is 5. The number of hydrogen-bond donors (Lipinski definition) is 1. The Morgan fingerprint density at radius 2 is 2.38 bits per heavy atom. The number of fused-ring (bicyclic) bond motifs is 1. The second-order valence-corrected chi connectivity index (χ2v) is 3.34. The molecule has 0 atom stereocenters. The molecule has 0 aromatic carbocycles. The van der Waals surface area contributed by atoms with Crippen LogP contribution in [0.1, 0.15) is 0 Å². The number of aryl methyl sites for hydroxylation is 1. The van der Waals surface area contributed by atoms with E-state index in [1.54, 1.807) is 14.1 Å². The number of anilines is 1. The molecule has 2 aromatic rings. The Morgan fingerprint density at radius 3 is 3.06 bits per heavy atom. The van der Waals surface area contributed by atoms with E-state index >= 15 is 0 Å². The summed E-state index contributed by atoms with van der Waals surface area (Å²) in [5.41, 5.74) is 1.15. The van der Waals surface area contributed by atoms with Gasteiger partial charge in [0.25, 0.3) is 0 Å². The Bertz CT molecular complexity index is 536. The van der Waals surface area contributed by atoms with E-state index in [1.807, 2.05) is 0 Å². The van der Waals surface area contributed by atoms with Crippen LogP contribution in [-0.2, 0) is 11.8 Å². The highest BCUT2D eigenvalue weighted by Gasteiger charge is 2.11. The third-order valence-electron chi connectivity index (χ3n) is 2.04. The van der Waals surface area contributed by atoms with Crippen molar-refractivity contribution in [2.45, 2.75) is 0 Å². The Balaban J connectivity index is 2.38. The summed E-state index contributed by atoms with van der Waals surface area (Å²) in [5, 5.41) is 16.3. The van der Waals surface area contributed by atoms with Gasteiger partial charge in [-0.15, -0.1) is 5.10 Å². The minimum atomic E-state index is -0.936. The van der Waals surface area contributed by atoms with Crippen LogP contribution in [0.2, 0.25) is 0 Å². The number of aliphatic carboxylic acids is 1. The second-order valence-electron chi connectivity index (χ2n) is 3.34. The molecule has 1 N–H and O–H groups in total. The lowest BCUT2D eigenvalue weighted by Crippen LogP contribution is -2.26. The molecule has 0 saturated carbocycles. The maximum Gasteiger partial charge on any atom is 0.323 e. The van der Waals surface area contributed by atoms with Crippen LogP contribution in [0.5, 0.6) is 0 Å². The van der Waals surface area contributed by atoms with E-state index in [4.69, 9.17) is 5.11 Å².